The fourth-order valence-corrected chi connectivity index (χ4v) is 3.68. The Morgan fingerprint density at radius 1 is 1.08 bits per heavy atom. The first-order chi connectivity index (χ1) is 12.2. The summed E-state index contributed by atoms with van der Waals surface area (Å²) in [5.74, 6) is -2.23. The molecule has 3 rings (SSSR count). The highest BCUT2D eigenvalue weighted by atomic mass is 19.3. The summed E-state index contributed by atoms with van der Waals surface area (Å²) in [4.78, 5) is 18.1. The van der Waals surface area contributed by atoms with E-state index in [1.54, 1.807) is 0 Å². The SMILES string of the molecule is CC.CN(C)C.CN1CCN(CC2CC2)C2(CCN(C=O)CC2(F)F)C1. The van der Waals surface area contributed by atoms with Crippen molar-refractivity contribution >= 4 is 6.41 Å². The molecular weight excluding hydrogens is 338 g/mol. The molecule has 2 saturated heterocycles. The molecule has 0 bridgehead atoms. The van der Waals surface area contributed by atoms with Crippen LogP contribution in [-0.2, 0) is 4.79 Å². The van der Waals surface area contributed by atoms with E-state index in [0.717, 1.165) is 13.1 Å². The number of halogens is 2. The second-order valence-electron chi connectivity index (χ2n) is 8.03. The molecule has 0 aromatic heterocycles. The third kappa shape index (κ3) is 5.86. The van der Waals surface area contributed by atoms with E-state index in [-0.39, 0.29) is 0 Å². The molecule has 3 aliphatic rings. The summed E-state index contributed by atoms with van der Waals surface area (Å²) < 4.78 is 29.6. The van der Waals surface area contributed by atoms with Crippen molar-refractivity contribution in [1.29, 1.82) is 0 Å². The van der Waals surface area contributed by atoms with Gasteiger partial charge in [0, 0.05) is 32.7 Å². The van der Waals surface area contributed by atoms with Crippen LogP contribution in [0.4, 0.5) is 8.78 Å². The van der Waals surface area contributed by atoms with E-state index in [4.69, 9.17) is 0 Å². The number of hydrogen-bond donors (Lipinski definition) is 0. The van der Waals surface area contributed by atoms with E-state index in [1.807, 2.05) is 56.7 Å². The van der Waals surface area contributed by atoms with E-state index in [2.05, 4.69) is 0 Å². The molecule has 1 atom stereocenters. The molecule has 1 unspecified atom stereocenters. The van der Waals surface area contributed by atoms with E-state index in [9.17, 15) is 13.6 Å². The van der Waals surface area contributed by atoms with Crippen LogP contribution in [0.15, 0.2) is 0 Å². The summed E-state index contributed by atoms with van der Waals surface area (Å²) in [6, 6.07) is 0. The summed E-state index contributed by atoms with van der Waals surface area (Å²) in [7, 11) is 7.92. The molecular formula is C19H38F2N4O. The standard InChI is InChI=1S/C14H23F2N3O.C3H9N.C2H6/c1-17-6-7-19(8-12-2-3-12)13(9-17)4-5-18(11-20)10-14(13,15)16;1-4(2)3;1-2/h11-12H,2-10H2,1H3;1-3H3;1-2H3. The summed E-state index contributed by atoms with van der Waals surface area (Å²) in [6.07, 6.45) is 3.28. The number of alkyl halides is 2. The van der Waals surface area contributed by atoms with Crippen LogP contribution in [0.25, 0.3) is 0 Å². The van der Waals surface area contributed by atoms with E-state index in [1.165, 1.54) is 17.7 Å². The van der Waals surface area contributed by atoms with Crippen molar-refractivity contribution in [1.82, 2.24) is 19.6 Å². The van der Waals surface area contributed by atoms with Crippen LogP contribution >= 0.6 is 0 Å². The number of carbonyl (C=O) groups excluding carboxylic acids is 1. The molecule has 1 saturated carbocycles. The molecule has 2 heterocycles. The van der Waals surface area contributed by atoms with Crippen LogP contribution in [0, 0.1) is 5.92 Å². The van der Waals surface area contributed by atoms with Gasteiger partial charge >= 0.3 is 0 Å². The van der Waals surface area contributed by atoms with Crippen molar-refractivity contribution in [2.24, 2.45) is 5.92 Å². The number of likely N-dealkylation sites (N-methyl/N-ethyl adjacent to an activating group) is 1. The predicted octanol–water partition coefficient (Wildman–Crippen LogP) is 2.08. The molecule has 26 heavy (non-hydrogen) atoms. The normalized spacial score (nSPS) is 28.9. The van der Waals surface area contributed by atoms with Gasteiger partial charge in [0.2, 0.25) is 6.41 Å². The third-order valence-electron chi connectivity index (χ3n) is 5.11. The largest absolute Gasteiger partial charge is 0.339 e. The number of rotatable bonds is 3. The molecule has 7 heteroatoms. The van der Waals surface area contributed by atoms with Gasteiger partial charge in [-0.15, -0.1) is 0 Å². The molecule has 3 fully saturated rings. The van der Waals surface area contributed by atoms with Gasteiger partial charge in [-0.05, 0) is 53.4 Å². The first-order valence-electron chi connectivity index (χ1n) is 9.82. The lowest BCUT2D eigenvalue weighted by atomic mass is 9.80. The summed E-state index contributed by atoms with van der Waals surface area (Å²) in [6.45, 7) is 6.76. The van der Waals surface area contributed by atoms with Crippen molar-refractivity contribution in [2.45, 2.75) is 44.6 Å². The average Bonchev–Trinajstić information content (AvgIpc) is 3.38. The van der Waals surface area contributed by atoms with Crippen molar-refractivity contribution in [2.75, 3.05) is 67.5 Å². The molecule has 0 aromatic rings. The molecule has 1 aliphatic carbocycles. The van der Waals surface area contributed by atoms with Gasteiger partial charge in [-0.25, -0.2) is 8.78 Å². The number of hydrogen-bond acceptors (Lipinski definition) is 4. The third-order valence-corrected chi connectivity index (χ3v) is 5.11. The van der Waals surface area contributed by atoms with Crippen LogP contribution in [-0.4, -0.2) is 105 Å². The lowest BCUT2D eigenvalue weighted by molar-refractivity contribution is -0.203. The first-order valence-corrected chi connectivity index (χ1v) is 9.82. The van der Waals surface area contributed by atoms with Gasteiger partial charge in [0.25, 0.3) is 5.92 Å². The van der Waals surface area contributed by atoms with Gasteiger partial charge in [-0.3, -0.25) is 9.69 Å². The zero-order valence-corrected chi connectivity index (χ0v) is 17.5. The Kier molecular flexibility index (Phi) is 8.89. The van der Waals surface area contributed by atoms with E-state index in [0.29, 0.717) is 38.4 Å². The molecule has 5 nitrogen and oxygen atoms in total. The number of carbonyl (C=O) groups is 1. The number of amides is 1. The Bertz CT molecular complexity index is 429. The quantitative estimate of drug-likeness (QED) is 0.706. The Morgan fingerprint density at radius 2 is 1.65 bits per heavy atom. The highest BCUT2D eigenvalue weighted by Gasteiger charge is 2.61. The zero-order chi connectivity index (χ0) is 20.0. The maximum atomic E-state index is 14.8. The zero-order valence-electron chi connectivity index (χ0n) is 17.5. The fraction of sp³-hybridized carbons (Fsp3) is 0.947. The minimum absolute atomic E-state index is 0.371. The first kappa shape index (κ1) is 23.2. The van der Waals surface area contributed by atoms with Crippen molar-refractivity contribution in [3.63, 3.8) is 0 Å². The summed E-state index contributed by atoms with van der Waals surface area (Å²) in [5, 5.41) is 0. The van der Waals surface area contributed by atoms with Gasteiger partial charge in [0.1, 0.15) is 5.54 Å². The van der Waals surface area contributed by atoms with Crippen molar-refractivity contribution in [3.05, 3.63) is 0 Å². The summed E-state index contributed by atoms with van der Waals surface area (Å²) >= 11 is 0. The van der Waals surface area contributed by atoms with Gasteiger partial charge in [0.15, 0.2) is 0 Å². The molecule has 0 N–H and O–H groups in total. The van der Waals surface area contributed by atoms with Crippen molar-refractivity contribution in [3.8, 4) is 0 Å². The Labute approximate surface area is 158 Å². The van der Waals surface area contributed by atoms with E-state index < -0.39 is 18.0 Å². The fourth-order valence-electron chi connectivity index (χ4n) is 3.68. The molecule has 0 radical (unpaired) electrons. The van der Waals surface area contributed by atoms with Gasteiger partial charge in [-0.1, -0.05) is 13.8 Å². The molecule has 1 spiro atoms. The number of likely N-dealkylation sites (tertiary alicyclic amines) is 1. The maximum Gasteiger partial charge on any atom is 0.284 e. The number of piperazine rings is 1. The number of piperidine rings is 1. The highest BCUT2D eigenvalue weighted by Crippen LogP contribution is 2.44. The smallest absolute Gasteiger partial charge is 0.284 e. The second-order valence-corrected chi connectivity index (χ2v) is 8.03. The Hall–Kier alpha value is -0.790. The number of nitrogens with zero attached hydrogens (tertiary/aromatic N) is 4. The lowest BCUT2D eigenvalue weighted by Crippen LogP contribution is -2.74. The second kappa shape index (κ2) is 9.95. The molecule has 2 aliphatic heterocycles. The van der Waals surface area contributed by atoms with Crippen LogP contribution in [0.2, 0.25) is 0 Å². The lowest BCUT2D eigenvalue weighted by Gasteiger charge is -2.56. The highest BCUT2D eigenvalue weighted by molar-refractivity contribution is 5.48. The molecule has 154 valence electrons. The van der Waals surface area contributed by atoms with Crippen LogP contribution < -0.4 is 0 Å². The van der Waals surface area contributed by atoms with Gasteiger partial charge in [0.05, 0.1) is 6.54 Å². The van der Waals surface area contributed by atoms with Gasteiger partial charge < -0.3 is 14.7 Å². The maximum absolute atomic E-state index is 14.8. The van der Waals surface area contributed by atoms with Crippen LogP contribution in [0.1, 0.15) is 33.1 Å². The summed E-state index contributed by atoms with van der Waals surface area (Å²) in [5.41, 5.74) is -1.08. The van der Waals surface area contributed by atoms with E-state index >= 15 is 0 Å². The molecule has 0 aromatic carbocycles. The predicted molar refractivity (Wildman–Crippen MR) is 103 cm³/mol. The average molecular weight is 377 g/mol. The molecule has 1 amide bonds. The Morgan fingerprint density at radius 3 is 2.12 bits per heavy atom. The topological polar surface area (TPSA) is 30.0 Å². The van der Waals surface area contributed by atoms with Crippen molar-refractivity contribution < 1.29 is 13.6 Å². The minimum atomic E-state index is -2.84. The van der Waals surface area contributed by atoms with Crippen LogP contribution in [0.3, 0.4) is 0 Å². The minimum Gasteiger partial charge on any atom is -0.339 e. The monoisotopic (exact) mass is 376 g/mol. The van der Waals surface area contributed by atoms with Crippen LogP contribution in [0.5, 0.6) is 0 Å². The Balaban J connectivity index is 0.000000500. The van der Waals surface area contributed by atoms with Gasteiger partial charge in [-0.2, -0.15) is 0 Å².